The van der Waals surface area contributed by atoms with E-state index < -0.39 is 0 Å². The Morgan fingerprint density at radius 2 is 1.42 bits per heavy atom. The van der Waals surface area contributed by atoms with Gasteiger partial charge in [0, 0.05) is 15.6 Å². The number of halogens is 1. The molecule has 0 aromatic heterocycles. The molecule has 118 valence electrons. The summed E-state index contributed by atoms with van der Waals surface area (Å²) in [5.74, 6) is 0.0637. The van der Waals surface area contributed by atoms with Crippen molar-refractivity contribution in [3.63, 3.8) is 0 Å². The molecular weight excluding hydrogens is 364 g/mol. The molecule has 0 atom stereocenters. The second-order valence-corrected chi connectivity index (χ2v) is 6.27. The van der Waals surface area contributed by atoms with Crippen molar-refractivity contribution in [3.8, 4) is 5.75 Å². The van der Waals surface area contributed by atoms with Crippen LogP contribution in [-0.4, -0.2) is 10.9 Å². The van der Waals surface area contributed by atoms with E-state index in [1.165, 1.54) is 12.1 Å². The van der Waals surface area contributed by atoms with E-state index in [0.29, 0.717) is 11.1 Å². The minimum absolute atomic E-state index is 0.0795. The molecule has 3 heteroatoms. The van der Waals surface area contributed by atoms with Crippen molar-refractivity contribution in [1.82, 2.24) is 0 Å². The van der Waals surface area contributed by atoms with Crippen LogP contribution in [0.2, 0.25) is 0 Å². The lowest BCUT2D eigenvalue weighted by atomic mass is 9.95. The molecule has 3 rings (SSSR count). The number of ketones is 1. The van der Waals surface area contributed by atoms with Gasteiger partial charge in [0.15, 0.2) is 5.78 Å². The van der Waals surface area contributed by atoms with Gasteiger partial charge in [0.1, 0.15) is 5.75 Å². The van der Waals surface area contributed by atoms with E-state index in [2.05, 4.69) is 15.9 Å². The van der Waals surface area contributed by atoms with E-state index in [9.17, 15) is 9.90 Å². The number of phenolic OH excluding ortho intramolecular Hbond substituents is 1. The average molecular weight is 379 g/mol. The van der Waals surface area contributed by atoms with E-state index in [1.807, 2.05) is 60.7 Å². The number of rotatable bonds is 4. The Kier molecular flexibility index (Phi) is 4.92. The lowest BCUT2D eigenvalue weighted by Crippen LogP contribution is -2.02. The van der Waals surface area contributed by atoms with Gasteiger partial charge in [0.25, 0.3) is 0 Å². The highest BCUT2D eigenvalue weighted by atomic mass is 79.9. The lowest BCUT2D eigenvalue weighted by Gasteiger charge is -2.08. The number of benzene rings is 3. The number of allylic oxidation sites excluding steroid dienone is 1. The van der Waals surface area contributed by atoms with Crippen molar-refractivity contribution >= 4 is 33.4 Å². The molecule has 0 aliphatic heterocycles. The molecule has 3 aromatic rings. The molecule has 0 unspecified atom stereocenters. The predicted molar refractivity (Wildman–Crippen MR) is 101 cm³/mol. The quantitative estimate of drug-likeness (QED) is 0.365. The predicted octanol–water partition coefficient (Wildman–Crippen LogP) is 5.58. The first-order valence-corrected chi connectivity index (χ1v) is 8.29. The highest BCUT2D eigenvalue weighted by molar-refractivity contribution is 9.10. The first kappa shape index (κ1) is 16.2. The number of hydrogen-bond donors (Lipinski definition) is 1. The van der Waals surface area contributed by atoms with E-state index in [0.717, 1.165) is 15.6 Å². The molecule has 0 spiro atoms. The molecule has 1 N–H and O–H groups in total. The molecule has 0 saturated carbocycles. The highest BCUT2D eigenvalue weighted by Crippen LogP contribution is 2.24. The normalized spacial score (nSPS) is 11.3. The lowest BCUT2D eigenvalue weighted by molar-refractivity contribution is 0.105. The van der Waals surface area contributed by atoms with Crippen LogP contribution < -0.4 is 0 Å². The summed E-state index contributed by atoms with van der Waals surface area (Å²) in [6.07, 6.45) is 1.89. The molecule has 0 bridgehead atoms. The van der Waals surface area contributed by atoms with Crippen molar-refractivity contribution in [2.45, 2.75) is 0 Å². The van der Waals surface area contributed by atoms with Crippen LogP contribution in [0.5, 0.6) is 5.75 Å². The van der Waals surface area contributed by atoms with Gasteiger partial charge in [-0.2, -0.15) is 0 Å². The molecule has 0 radical (unpaired) electrons. The van der Waals surface area contributed by atoms with Crippen LogP contribution in [-0.2, 0) is 0 Å². The first-order chi connectivity index (χ1) is 11.6. The molecular formula is C21H15BrO2. The van der Waals surface area contributed by atoms with Crippen LogP contribution in [0.3, 0.4) is 0 Å². The fourth-order valence-corrected chi connectivity index (χ4v) is 2.66. The fourth-order valence-electron chi connectivity index (χ4n) is 2.39. The maximum absolute atomic E-state index is 13.0. The number of phenols is 1. The number of aromatic hydroxyl groups is 1. The van der Waals surface area contributed by atoms with Gasteiger partial charge in [-0.1, -0.05) is 58.4 Å². The zero-order chi connectivity index (χ0) is 16.9. The van der Waals surface area contributed by atoms with Crippen LogP contribution in [0.15, 0.2) is 83.3 Å². The molecule has 0 aliphatic rings. The van der Waals surface area contributed by atoms with Crippen molar-refractivity contribution in [3.05, 3.63) is 100 Å². The Morgan fingerprint density at radius 3 is 2.04 bits per heavy atom. The van der Waals surface area contributed by atoms with Crippen LogP contribution >= 0.6 is 15.9 Å². The summed E-state index contributed by atoms with van der Waals surface area (Å²) in [6.45, 7) is 0. The zero-order valence-corrected chi connectivity index (χ0v) is 14.4. The fraction of sp³-hybridized carbons (Fsp3) is 0. The van der Waals surface area contributed by atoms with E-state index >= 15 is 0 Å². The summed E-state index contributed by atoms with van der Waals surface area (Å²) in [4.78, 5) is 13.0. The van der Waals surface area contributed by atoms with Gasteiger partial charge >= 0.3 is 0 Å². The van der Waals surface area contributed by atoms with Gasteiger partial charge in [0.05, 0.1) is 0 Å². The molecule has 0 fully saturated rings. The van der Waals surface area contributed by atoms with E-state index in [4.69, 9.17) is 0 Å². The Labute approximate surface area is 149 Å². The van der Waals surface area contributed by atoms with Crippen LogP contribution in [0.25, 0.3) is 11.6 Å². The Hall–Kier alpha value is -2.65. The van der Waals surface area contributed by atoms with Gasteiger partial charge in [0.2, 0.25) is 0 Å². The summed E-state index contributed by atoms with van der Waals surface area (Å²) < 4.78 is 0.991. The molecule has 3 aromatic carbocycles. The van der Waals surface area contributed by atoms with Gasteiger partial charge in [-0.25, -0.2) is 0 Å². The standard InChI is InChI=1S/C21H15BrO2/c22-18-10-6-15(7-11-18)14-20(16-4-2-1-3-5-16)21(24)17-8-12-19(23)13-9-17/h1-14,23H. The molecule has 2 nitrogen and oxygen atoms in total. The van der Waals surface area contributed by atoms with Crippen LogP contribution in [0.4, 0.5) is 0 Å². The number of carbonyl (C=O) groups is 1. The molecule has 0 amide bonds. The monoisotopic (exact) mass is 378 g/mol. The summed E-state index contributed by atoms with van der Waals surface area (Å²) in [6, 6.07) is 23.7. The molecule has 0 aliphatic carbocycles. The summed E-state index contributed by atoms with van der Waals surface area (Å²) in [7, 11) is 0. The Balaban J connectivity index is 2.06. The Bertz CT molecular complexity index is 864. The third-order valence-corrected chi connectivity index (χ3v) is 4.17. The minimum atomic E-state index is -0.0795. The van der Waals surface area contributed by atoms with Crippen molar-refractivity contribution < 1.29 is 9.90 Å². The summed E-state index contributed by atoms with van der Waals surface area (Å²) >= 11 is 3.42. The number of Topliss-reactive ketones (excluding diaryl/α,β-unsaturated/α-hetero) is 1. The third kappa shape index (κ3) is 3.81. The van der Waals surface area contributed by atoms with E-state index in [1.54, 1.807) is 12.1 Å². The SMILES string of the molecule is O=C(C(=Cc1ccc(Br)cc1)c1ccccc1)c1ccc(O)cc1. The first-order valence-electron chi connectivity index (χ1n) is 7.50. The topological polar surface area (TPSA) is 37.3 Å². The van der Waals surface area contributed by atoms with Crippen molar-refractivity contribution in [1.29, 1.82) is 0 Å². The third-order valence-electron chi connectivity index (χ3n) is 3.64. The second kappa shape index (κ2) is 7.28. The molecule has 24 heavy (non-hydrogen) atoms. The van der Waals surface area contributed by atoms with Crippen molar-refractivity contribution in [2.75, 3.05) is 0 Å². The minimum Gasteiger partial charge on any atom is -0.508 e. The van der Waals surface area contributed by atoms with E-state index in [-0.39, 0.29) is 11.5 Å². The average Bonchev–Trinajstić information content (AvgIpc) is 2.62. The highest BCUT2D eigenvalue weighted by Gasteiger charge is 2.14. The smallest absolute Gasteiger partial charge is 0.193 e. The summed E-state index contributed by atoms with van der Waals surface area (Å²) in [5.41, 5.74) is 2.96. The van der Waals surface area contributed by atoms with Crippen LogP contribution in [0, 0.1) is 0 Å². The van der Waals surface area contributed by atoms with Gasteiger partial charge in [-0.3, -0.25) is 4.79 Å². The summed E-state index contributed by atoms with van der Waals surface area (Å²) in [5, 5.41) is 9.42. The maximum Gasteiger partial charge on any atom is 0.193 e. The molecule has 0 heterocycles. The zero-order valence-electron chi connectivity index (χ0n) is 12.8. The Morgan fingerprint density at radius 1 is 0.792 bits per heavy atom. The van der Waals surface area contributed by atoms with Gasteiger partial charge in [-0.05, 0) is 53.6 Å². The van der Waals surface area contributed by atoms with Gasteiger partial charge in [-0.15, -0.1) is 0 Å². The van der Waals surface area contributed by atoms with Crippen molar-refractivity contribution in [2.24, 2.45) is 0 Å². The van der Waals surface area contributed by atoms with Crippen LogP contribution in [0.1, 0.15) is 21.5 Å². The number of carbonyl (C=O) groups excluding carboxylic acids is 1. The maximum atomic E-state index is 13.0. The second-order valence-electron chi connectivity index (χ2n) is 5.35. The van der Waals surface area contributed by atoms with Gasteiger partial charge < -0.3 is 5.11 Å². The molecule has 0 saturated heterocycles. The largest absolute Gasteiger partial charge is 0.508 e. The number of hydrogen-bond acceptors (Lipinski definition) is 2.